The van der Waals surface area contributed by atoms with E-state index in [4.69, 9.17) is 4.42 Å². The van der Waals surface area contributed by atoms with Gasteiger partial charge >= 0.3 is 0 Å². The Morgan fingerprint density at radius 2 is 2.11 bits per heavy atom. The number of hydrogen-bond acceptors (Lipinski definition) is 3. The average molecular weight is 251 g/mol. The molecule has 0 aliphatic carbocycles. The fourth-order valence-electron chi connectivity index (χ4n) is 1.54. The van der Waals surface area contributed by atoms with Gasteiger partial charge in [0.25, 0.3) is 0 Å². The topological polar surface area (TPSA) is 42.2 Å². The number of rotatable bonds is 4. The van der Waals surface area contributed by atoms with Gasteiger partial charge < -0.3 is 9.73 Å². The molecule has 0 aliphatic rings. The van der Waals surface area contributed by atoms with Gasteiger partial charge in [-0.2, -0.15) is 0 Å². The maximum absolute atomic E-state index is 13.5. The fraction of sp³-hybridized carbons (Fsp3) is 0.357. The van der Waals surface area contributed by atoms with Crippen molar-refractivity contribution >= 4 is 16.8 Å². The lowest BCUT2D eigenvalue weighted by molar-refractivity contribution is 0.0991. The van der Waals surface area contributed by atoms with Crippen molar-refractivity contribution in [2.45, 2.75) is 20.8 Å². The van der Waals surface area contributed by atoms with Crippen LogP contribution in [0, 0.1) is 5.82 Å². The van der Waals surface area contributed by atoms with Crippen molar-refractivity contribution in [3.8, 4) is 0 Å². The predicted octanol–water partition coefficient (Wildman–Crippen LogP) is 3.39. The number of carbonyl (C=O) groups excluding carboxylic acids is 1. The molecule has 0 aliphatic heterocycles. The van der Waals surface area contributed by atoms with Gasteiger partial charge in [-0.25, -0.2) is 4.39 Å². The van der Waals surface area contributed by atoms with Crippen LogP contribution in [0.4, 0.5) is 4.39 Å². The Kier molecular flexibility index (Phi) is 5.52. The quantitative estimate of drug-likeness (QED) is 0.847. The molecule has 0 saturated heterocycles. The van der Waals surface area contributed by atoms with Crippen LogP contribution in [-0.4, -0.2) is 18.9 Å². The van der Waals surface area contributed by atoms with Crippen molar-refractivity contribution in [2.24, 2.45) is 0 Å². The lowest BCUT2D eigenvalue weighted by Crippen LogP contribution is -2.22. The first-order valence-corrected chi connectivity index (χ1v) is 6.13. The number of carbonyl (C=O) groups is 1. The van der Waals surface area contributed by atoms with E-state index in [1.54, 1.807) is 12.1 Å². The molecule has 2 rings (SSSR count). The number of fused-ring (bicyclic) bond motifs is 1. The van der Waals surface area contributed by atoms with Crippen molar-refractivity contribution in [3.63, 3.8) is 0 Å². The summed E-state index contributed by atoms with van der Waals surface area (Å²) >= 11 is 0. The standard InChI is InChI=1S/C12H12FNO2.C2H6/c1-2-14-7-11(15)9-5-8-3-4-16-12(8)10(13)6-9;1-2/h3-6,14H,2,7H2,1H3;1-2H3. The number of hydrogen-bond donors (Lipinski definition) is 1. The van der Waals surface area contributed by atoms with E-state index in [0.29, 0.717) is 17.5 Å². The molecule has 1 N–H and O–H groups in total. The largest absolute Gasteiger partial charge is 0.461 e. The van der Waals surface area contributed by atoms with E-state index < -0.39 is 5.82 Å². The SMILES string of the molecule is CC.CCNCC(=O)c1cc(F)c2occc2c1. The minimum absolute atomic E-state index is 0.121. The molecule has 0 fully saturated rings. The molecule has 3 nitrogen and oxygen atoms in total. The molecule has 18 heavy (non-hydrogen) atoms. The molecular weight excluding hydrogens is 233 g/mol. The summed E-state index contributed by atoms with van der Waals surface area (Å²) in [7, 11) is 0. The number of likely N-dealkylation sites (N-methyl/N-ethyl adjacent to an activating group) is 1. The Morgan fingerprint density at radius 1 is 1.39 bits per heavy atom. The molecule has 0 radical (unpaired) electrons. The van der Waals surface area contributed by atoms with E-state index in [0.717, 1.165) is 0 Å². The molecule has 1 aromatic heterocycles. The van der Waals surface area contributed by atoms with Gasteiger partial charge in [-0.15, -0.1) is 0 Å². The molecule has 0 unspecified atom stereocenters. The second-order valence-corrected chi connectivity index (χ2v) is 3.50. The first-order chi connectivity index (χ1) is 8.72. The third kappa shape index (κ3) is 3.17. The summed E-state index contributed by atoms with van der Waals surface area (Å²) in [5.74, 6) is -0.619. The van der Waals surface area contributed by atoms with Gasteiger partial charge in [0.1, 0.15) is 0 Å². The second-order valence-electron chi connectivity index (χ2n) is 3.50. The highest BCUT2D eigenvalue weighted by Gasteiger charge is 2.11. The molecule has 4 heteroatoms. The van der Waals surface area contributed by atoms with Crippen LogP contribution in [0.25, 0.3) is 11.0 Å². The van der Waals surface area contributed by atoms with Crippen LogP contribution in [0.3, 0.4) is 0 Å². The van der Waals surface area contributed by atoms with Crippen LogP contribution in [0.1, 0.15) is 31.1 Å². The third-order valence-electron chi connectivity index (χ3n) is 2.36. The maximum Gasteiger partial charge on any atom is 0.176 e. The van der Waals surface area contributed by atoms with Crippen molar-refractivity contribution in [1.82, 2.24) is 5.32 Å². The third-order valence-corrected chi connectivity index (χ3v) is 2.36. The summed E-state index contributed by atoms with van der Waals surface area (Å²) in [6, 6.07) is 4.50. The van der Waals surface area contributed by atoms with Crippen LogP contribution >= 0.6 is 0 Å². The highest BCUT2D eigenvalue weighted by atomic mass is 19.1. The first-order valence-electron chi connectivity index (χ1n) is 6.13. The minimum atomic E-state index is -0.498. The minimum Gasteiger partial charge on any atom is -0.461 e. The second kappa shape index (κ2) is 6.91. The van der Waals surface area contributed by atoms with Crippen LogP contribution in [-0.2, 0) is 0 Å². The lowest BCUT2D eigenvalue weighted by atomic mass is 10.1. The fourth-order valence-corrected chi connectivity index (χ4v) is 1.54. The van der Waals surface area contributed by atoms with Gasteiger partial charge in [0.15, 0.2) is 17.2 Å². The van der Waals surface area contributed by atoms with Gasteiger partial charge in [-0.3, -0.25) is 4.79 Å². The molecule has 0 bridgehead atoms. The van der Waals surface area contributed by atoms with E-state index >= 15 is 0 Å². The van der Waals surface area contributed by atoms with E-state index in [2.05, 4.69) is 5.32 Å². The molecule has 0 amide bonds. The molecule has 0 atom stereocenters. The molecule has 98 valence electrons. The van der Waals surface area contributed by atoms with Crippen LogP contribution < -0.4 is 5.32 Å². The molecular formula is C14H18FNO2. The summed E-state index contributed by atoms with van der Waals surface area (Å²) in [6.07, 6.45) is 1.41. The van der Waals surface area contributed by atoms with Crippen LogP contribution in [0.5, 0.6) is 0 Å². The zero-order chi connectivity index (χ0) is 13.5. The molecule has 1 heterocycles. The number of ketones is 1. The molecule has 0 spiro atoms. The number of nitrogens with one attached hydrogen (secondary N) is 1. The van der Waals surface area contributed by atoms with Crippen molar-refractivity contribution < 1.29 is 13.6 Å². The summed E-state index contributed by atoms with van der Waals surface area (Å²) in [6.45, 7) is 6.84. The van der Waals surface area contributed by atoms with Crippen molar-refractivity contribution in [1.29, 1.82) is 0 Å². The highest BCUT2D eigenvalue weighted by molar-refractivity contribution is 6.00. The van der Waals surface area contributed by atoms with Crippen molar-refractivity contribution in [3.05, 3.63) is 35.8 Å². The van der Waals surface area contributed by atoms with E-state index in [1.165, 1.54) is 12.3 Å². The number of halogens is 1. The molecule has 1 aromatic carbocycles. The monoisotopic (exact) mass is 251 g/mol. The van der Waals surface area contributed by atoms with E-state index in [-0.39, 0.29) is 17.9 Å². The number of furan rings is 1. The lowest BCUT2D eigenvalue weighted by Gasteiger charge is -2.02. The van der Waals surface area contributed by atoms with Crippen molar-refractivity contribution in [2.75, 3.05) is 13.1 Å². The smallest absolute Gasteiger partial charge is 0.176 e. The van der Waals surface area contributed by atoms with E-state index in [9.17, 15) is 9.18 Å². The zero-order valence-electron chi connectivity index (χ0n) is 10.9. The first kappa shape index (κ1) is 14.4. The summed E-state index contributed by atoms with van der Waals surface area (Å²) in [4.78, 5) is 11.7. The Labute approximate surface area is 106 Å². The zero-order valence-corrected chi connectivity index (χ0v) is 10.9. The maximum atomic E-state index is 13.5. The summed E-state index contributed by atoms with van der Waals surface area (Å²) in [5.41, 5.74) is 0.562. The summed E-state index contributed by atoms with van der Waals surface area (Å²) in [5, 5.41) is 3.52. The summed E-state index contributed by atoms with van der Waals surface area (Å²) < 4.78 is 18.5. The Morgan fingerprint density at radius 3 is 2.78 bits per heavy atom. The molecule has 0 saturated carbocycles. The Bertz CT molecular complexity index is 519. The van der Waals surface area contributed by atoms with Gasteiger partial charge in [-0.05, 0) is 24.7 Å². The predicted molar refractivity (Wildman–Crippen MR) is 70.4 cm³/mol. The highest BCUT2D eigenvalue weighted by Crippen LogP contribution is 2.21. The van der Waals surface area contributed by atoms with Gasteiger partial charge in [-0.1, -0.05) is 20.8 Å². The average Bonchev–Trinajstić information content (AvgIpc) is 2.87. The van der Waals surface area contributed by atoms with Gasteiger partial charge in [0.2, 0.25) is 0 Å². The van der Waals surface area contributed by atoms with Gasteiger partial charge in [0.05, 0.1) is 12.8 Å². The van der Waals surface area contributed by atoms with Crippen LogP contribution in [0.15, 0.2) is 28.9 Å². The van der Waals surface area contributed by atoms with Gasteiger partial charge in [0, 0.05) is 10.9 Å². The van der Waals surface area contributed by atoms with Crippen LogP contribution in [0.2, 0.25) is 0 Å². The normalized spacial score (nSPS) is 10.0. The van der Waals surface area contributed by atoms with E-state index in [1.807, 2.05) is 20.8 Å². The Hall–Kier alpha value is -1.68. The number of benzene rings is 1. The molecule has 2 aromatic rings. The Balaban J connectivity index is 0.000000771. The number of Topliss-reactive ketones (excluding diaryl/α,β-unsaturated/α-hetero) is 1.